The number of carbonyl (C=O) groups excluding carboxylic acids is 1. The number of hydrogen-bond acceptors (Lipinski definition) is 2. The quantitative estimate of drug-likeness (QED) is 0.538. The third-order valence-electron chi connectivity index (χ3n) is 4.21. The van der Waals surface area contributed by atoms with Gasteiger partial charge in [-0.1, -0.05) is 48.9 Å². The number of amides is 1. The van der Waals surface area contributed by atoms with Gasteiger partial charge in [-0.15, -0.1) is 0 Å². The summed E-state index contributed by atoms with van der Waals surface area (Å²) in [7, 11) is 0. The number of nitrogens with one attached hydrogen (secondary N) is 1. The predicted molar refractivity (Wildman–Crippen MR) is 104 cm³/mol. The molecule has 0 fully saturated rings. The first-order valence-corrected chi connectivity index (χ1v) is 8.99. The Labute approximate surface area is 165 Å². The molecule has 0 aliphatic carbocycles. The molecule has 0 spiro atoms. The molecule has 0 heterocycles. The number of alkyl halides is 3. The van der Waals surface area contributed by atoms with Crippen molar-refractivity contribution in [3.8, 4) is 5.75 Å². The molecule has 0 aliphatic heterocycles. The van der Waals surface area contributed by atoms with Crippen LogP contribution in [0.3, 0.4) is 0 Å². The number of fused-ring (bicyclic) bond motifs is 1. The maximum Gasteiger partial charge on any atom is 0.416 e. The second-order valence-electron chi connectivity index (χ2n) is 6.21. The Morgan fingerprint density at radius 1 is 1.07 bits per heavy atom. The van der Waals surface area contributed by atoms with Gasteiger partial charge in [-0.3, -0.25) is 4.79 Å². The fraction of sp³-hybridized carbons (Fsp3) is 0.190. The molecule has 3 aromatic rings. The van der Waals surface area contributed by atoms with E-state index in [9.17, 15) is 18.0 Å². The molecule has 0 saturated heterocycles. The van der Waals surface area contributed by atoms with E-state index < -0.39 is 23.8 Å². The number of carbonyl (C=O) groups is 1. The second kappa shape index (κ2) is 8.10. The first kappa shape index (κ1) is 20.0. The van der Waals surface area contributed by atoms with Gasteiger partial charge in [-0.25, -0.2) is 0 Å². The molecule has 1 amide bonds. The van der Waals surface area contributed by atoms with Crippen molar-refractivity contribution < 1.29 is 22.7 Å². The van der Waals surface area contributed by atoms with Crippen LogP contribution >= 0.6 is 11.6 Å². The molecule has 3 aromatic carbocycles. The van der Waals surface area contributed by atoms with Gasteiger partial charge in [-0.2, -0.15) is 13.2 Å². The summed E-state index contributed by atoms with van der Waals surface area (Å²) in [4.78, 5) is 12.5. The van der Waals surface area contributed by atoms with Crippen LogP contribution in [0.25, 0.3) is 10.8 Å². The van der Waals surface area contributed by atoms with Crippen molar-refractivity contribution in [2.24, 2.45) is 0 Å². The van der Waals surface area contributed by atoms with Gasteiger partial charge in [0.05, 0.1) is 16.3 Å². The zero-order chi connectivity index (χ0) is 20.3. The lowest BCUT2D eigenvalue weighted by atomic mass is 10.1. The Balaban J connectivity index is 1.78. The highest BCUT2D eigenvalue weighted by Gasteiger charge is 2.31. The number of ether oxygens (including phenoxy) is 1. The van der Waals surface area contributed by atoms with Crippen LogP contribution < -0.4 is 10.1 Å². The van der Waals surface area contributed by atoms with Gasteiger partial charge >= 0.3 is 6.18 Å². The molecule has 0 radical (unpaired) electrons. The fourth-order valence-corrected chi connectivity index (χ4v) is 2.90. The normalized spacial score (nSPS) is 12.6. The summed E-state index contributed by atoms with van der Waals surface area (Å²) in [6.45, 7) is 1.75. The highest BCUT2D eigenvalue weighted by Crippen LogP contribution is 2.34. The van der Waals surface area contributed by atoms with Crippen LogP contribution in [0.4, 0.5) is 18.9 Å². The minimum atomic E-state index is -4.53. The number of halogens is 4. The Bertz CT molecular complexity index is 1000. The van der Waals surface area contributed by atoms with Gasteiger partial charge in [0.15, 0.2) is 6.10 Å². The van der Waals surface area contributed by atoms with Gasteiger partial charge in [0.1, 0.15) is 5.75 Å². The van der Waals surface area contributed by atoms with E-state index in [1.54, 1.807) is 13.0 Å². The van der Waals surface area contributed by atoms with E-state index in [2.05, 4.69) is 5.32 Å². The summed E-state index contributed by atoms with van der Waals surface area (Å²) in [6.07, 6.45) is -5.09. The van der Waals surface area contributed by atoms with E-state index >= 15 is 0 Å². The Morgan fingerprint density at radius 2 is 1.79 bits per heavy atom. The van der Waals surface area contributed by atoms with Gasteiger partial charge in [0.2, 0.25) is 0 Å². The monoisotopic (exact) mass is 407 g/mol. The molecular formula is C21H17ClF3NO2. The smallest absolute Gasteiger partial charge is 0.416 e. The summed E-state index contributed by atoms with van der Waals surface area (Å²) < 4.78 is 44.5. The molecule has 0 aliphatic rings. The van der Waals surface area contributed by atoms with E-state index in [0.717, 1.165) is 29.0 Å². The first-order chi connectivity index (χ1) is 13.3. The lowest BCUT2D eigenvalue weighted by Gasteiger charge is -2.19. The first-order valence-electron chi connectivity index (χ1n) is 8.61. The van der Waals surface area contributed by atoms with Crippen molar-refractivity contribution in [2.75, 3.05) is 5.32 Å². The van der Waals surface area contributed by atoms with Crippen LogP contribution in [0.1, 0.15) is 18.9 Å². The van der Waals surface area contributed by atoms with Crippen LogP contribution in [0.15, 0.2) is 60.7 Å². The SMILES string of the molecule is CC[C@@H](Oc1ccc2ccccc2c1)C(=O)Nc1cc(C(F)(F)F)ccc1Cl. The number of anilines is 1. The molecule has 0 bridgehead atoms. The van der Waals surface area contributed by atoms with E-state index in [4.69, 9.17) is 16.3 Å². The highest BCUT2D eigenvalue weighted by molar-refractivity contribution is 6.33. The third kappa shape index (κ3) is 4.57. The van der Waals surface area contributed by atoms with Crippen LogP contribution in [-0.2, 0) is 11.0 Å². The molecule has 146 valence electrons. The number of rotatable bonds is 5. The van der Waals surface area contributed by atoms with Crippen molar-refractivity contribution in [3.05, 3.63) is 71.2 Å². The third-order valence-corrected chi connectivity index (χ3v) is 4.54. The molecule has 0 saturated carbocycles. The van der Waals surface area contributed by atoms with E-state index in [1.165, 1.54) is 0 Å². The summed E-state index contributed by atoms with van der Waals surface area (Å²) in [6, 6.07) is 15.9. The molecule has 3 rings (SSSR count). The summed E-state index contributed by atoms with van der Waals surface area (Å²) in [5.41, 5.74) is -1.00. The van der Waals surface area contributed by atoms with E-state index in [0.29, 0.717) is 12.2 Å². The van der Waals surface area contributed by atoms with E-state index in [-0.39, 0.29) is 10.7 Å². The lowest BCUT2D eigenvalue weighted by molar-refractivity contribution is -0.137. The highest BCUT2D eigenvalue weighted by atomic mass is 35.5. The van der Waals surface area contributed by atoms with Crippen LogP contribution in [0, 0.1) is 0 Å². The largest absolute Gasteiger partial charge is 0.481 e. The van der Waals surface area contributed by atoms with Gasteiger partial charge in [0.25, 0.3) is 5.91 Å². The Morgan fingerprint density at radius 3 is 2.46 bits per heavy atom. The minimum Gasteiger partial charge on any atom is -0.481 e. The summed E-state index contributed by atoms with van der Waals surface area (Å²) in [5.74, 6) is -0.0762. The van der Waals surface area contributed by atoms with Crippen molar-refractivity contribution in [3.63, 3.8) is 0 Å². The standard InChI is InChI=1S/C21H17ClF3NO2/c1-2-19(28-16-9-7-13-5-3-4-6-14(13)11-16)20(27)26-18-12-15(21(23,24)25)8-10-17(18)22/h3-12,19H,2H2,1H3,(H,26,27)/t19-/m1/s1. The lowest BCUT2D eigenvalue weighted by Crippen LogP contribution is -2.32. The van der Waals surface area contributed by atoms with Crippen LogP contribution in [0.2, 0.25) is 5.02 Å². The van der Waals surface area contributed by atoms with Crippen molar-refractivity contribution in [1.29, 1.82) is 0 Å². The number of benzene rings is 3. The van der Waals surface area contributed by atoms with Crippen LogP contribution in [0.5, 0.6) is 5.75 Å². The predicted octanol–water partition coefficient (Wildman–Crippen LogP) is 6.31. The average Bonchev–Trinajstić information content (AvgIpc) is 2.66. The van der Waals surface area contributed by atoms with Crippen molar-refractivity contribution >= 4 is 34.0 Å². The molecule has 7 heteroatoms. The number of hydrogen-bond donors (Lipinski definition) is 1. The topological polar surface area (TPSA) is 38.3 Å². The summed E-state index contributed by atoms with van der Waals surface area (Å²) >= 11 is 5.94. The van der Waals surface area contributed by atoms with Gasteiger partial charge < -0.3 is 10.1 Å². The zero-order valence-electron chi connectivity index (χ0n) is 14.9. The maximum absolute atomic E-state index is 12.9. The second-order valence-corrected chi connectivity index (χ2v) is 6.61. The Kier molecular flexibility index (Phi) is 5.79. The van der Waals surface area contributed by atoms with Gasteiger partial charge in [-0.05, 0) is 47.5 Å². The fourth-order valence-electron chi connectivity index (χ4n) is 2.74. The average molecular weight is 408 g/mol. The van der Waals surface area contributed by atoms with E-state index in [1.807, 2.05) is 36.4 Å². The molecule has 0 aromatic heterocycles. The molecule has 28 heavy (non-hydrogen) atoms. The zero-order valence-corrected chi connectivity index (χ0v) is 15.6. The summed E-state index contributed by atoms with van der Waals surface area (Å²) in [5, 5.41) is 4.44. The Hall–Kier alpha value is -2.73. The van der Waals surface area contributed by atoms with Crippen molar-refractivity contribution in [2.45, 2.75) is 25.6 Å². The van der Waals surface area contributed by atoms with Gasteiger partial charge in [0, 0.05) is 0 Å². The molecule has 3 nitrogen and oxygen atoms in total. The molecule has 1 atom stereocenters. The van der Waals surface area contributed by atoms with Crippen molar-refractivity contribution in [1.82, 2.24) is 0 Å². The molecule has 0 unspecified atom stereocenters. The van der Waals surface area contributed by atoms with Crippen LogP contribution in [-0.4, -0.2) is 12.0 Å². The molecule has 1 N–H and O–H groups in total. The minimum absolute atomic E-state index is 0.0157. The maximum atomic E-state index is 12.9. The molecular weight excluding hydrogens is 391 g/mol.